The second kappa shape index (κ2) is 4.03. The van der Waals surface area contributed by atoms with Crippen LogP contribution in [-0.4, -0.2) is 60.5 Å². The summed E-state index contributed by atoms with van der Waals surface area (Å²) in [5, 5.41) is 0. The van der Waals surface area contributed by atoms with Crippen LogP contribution >= 0.6 is 0 Å². The van der Waals surface area contributed by atoms with Gasteiger partial charge in [-0.05, 0) is 0 Å². The van der Waals surface area contributed by atoms with E-state index in [4.69, 9.17) is 17.7 Å². The van der Waals surface area contributed by atoms with Crippen molar-refractivity contribution in [3.8, 4) is 0 Å². The predicted molar refractivity (Wildman–Crippen MR) is 47.1 cm³/mol. The molecule has 0 aromatic rings. The highest BCUT2D eigenvalue weighted by molar-refractivity contribution is 6.53. The summed E-state index contributed by atoms with van der Waals surface area (Å²) in [6.07, 6.45) is 0. The van der Waals surface area contributed by atoms with Crippen LogP contribution in [0, 0.1) is 0 Å². The molecule has 0 spiro atoms. The summed E-state index contributed by atoms with van der Waals surface area (Å²) in [6.45, 7) is 4.76. The van der Waals surface area contributed by atoms with Gasteiger partial charge in [0.1, 0.15) is 0 Å². The normalized spacial score (nSPS) is 40.8. The van der Waals surface area contributed by atoms with Crippen molar-refractivity contribution in [1.82, 2.24) is 4.90 Å². The van der Waals surface area contributed by atoms with Crippen LogP contribution < -0.4 is 0 Å². The van der Waals surface area contributed by atoms with Crippen LogP contribution in [0.1, 0.15) is 0 Å². The number of nitrogens with zero attached hydrogens (tertiary/aromatic N) is 1. The quantitative estimate of drug-likeness (QED) is 0.537. The Morgan fingerprint density at radius 1 is 1.00 bits per heavy atom. The molecule has 0 radical (unpaired) electrons. The first-order chi connectivity index (χ1) is 6.35. The highest BCUT2D eigenvalue weighted by atomic mass is 28.4. The Labute approximate surface area is 79.0 Å². The lowest BCUT2D eigenvalue weighted by molar-refractivity contribution is -0.0657. The zero-order valence-electron chi connectivity index (χ0n) is 7.82. The van der Waals surface area contributed by atoms with Gasteiger partial charge < -0.3 is 17.7 Å². The number of hydrogen-bond acceptors (Lipinski definition) is 5. The van der Waals surface area contributed by atoms with E-state index >= 15 is 0 Å². The lowest BCUT2D eigenvalue weighted by Crippen LogP contribution is -2.56. The SMILES string of the molecule is CO[Si]12OCCN(CCO1)CCO2. The average Bonchev–Trinajstić information content (AvgIpc) is 2.01. The number of rotatable bonds is 1. The monoisotopic (exact) mass is 205 g/mol. The zero-order chi connectivity index (χ0) is 9.15. The molecule has 2 bridgehead atoms. The molecule has 0 atom stereocenters. The van der Waals surface area contributed by atoms with Crippen molar-refractivity contribution in [3.63, 3.8) is 0 Å². The molecule has 3 heterocycles. The fourth-order valence-electron chi connectivity index (χ4n) is 1.54. The van der Waals surface area contributed by atoms with Gasteiger partial charge in [-0.15, -0.1) is 0 Å². The van der Waals surface area contributed by atoms with Crippen molar-refractivity contribution in [2.75, 3.05) is 46.6 Å². The van der Waals surface area contributed by atoms with Gasteiger partial charge in [0.2, 0.25) is 0 Å². The van der Waals surface area contributed by atoms with Crippen molar-refractivity contribution in [2.45, 2.75) is 0 Å². The zero-order valence-corrected chi connectivity index (χ0v) is 8.82. The summed E-state index contributed by atoms with van der Waals surface area (Å²) < 4.78 is 21.8. The molecular formula is C7H15NO4Si. The molecule has 0 amide bonds. The smallest absolute Gasteiger partial charge is 0.355 e. The van der Waals surface area contributed by atoms with Gasteiger partial charge in [0.05, 0.1) is 19.8 Å². The molecule has 13 heavy (non-hydrogen) atoms. The Bertz CT molecular complexity index is 153. The lowest BCUT2D eigenvalue weighted by Gasteiger charge is -2.35. The Morgan fingerprint density at radius 3 is 1.85 bits per heavy atom. The molecule has 3 saturated heterocycles. The lowest BCUT2D eigenvalue weighted by atomic mass is 10.4. The molecule has 0 aromatic heterocycles. The maximum absolute atomic E-state index is 5.52. The highest BCUT2D eigenvalue weighted by Gasteiger charge is 2.46. The van der Waals surface area contributed by atoms with E-state index in [2.05, 4.69) is 4.90 Å². The Morgan fingerprint density at radius 2 is 1.46 bits per heavy atom. The fraction of sp³-hybridized carbons (Fsp3) is 1.00. The van der Waals surface area contributed by atoms with Crippen LogP contribution in [0.15, 0.2) is 0 Å². The third-order valence-electron chi connectivity index (χ3n) is 2.31. The Hall–Kier alpha value is 0.0169. The van der Waals surface area contributed by atoms with Gasteiger partial charge in [-0.25, -0.2) is 0 Å². The topological polar surface area (TPSA) is 40.2 Å². The van der Waals surface area contributed by atoms with Crippen molar-refractivity contribution in [2.24, 2.45) is 0 Å². The Kier molecular flexibility index (Phi) is 2.97. The molecule has 5 nitrogen and oxygen atoms in total. The van der Waals surface area contributed by atoms with Crippen LogP contribution in [-0.2, 0) is 17.7 Å². The van der Waals surface area contributed by atoms with Crippen LogP contribution in [0.5, 0.6) is 0 Å². The number of fused-ring (bicyclic) bond motifs is 6. The maximum atomic E-state index is 5.52. The van der Waals surface area contributed by atoms with Crippen LogP contribution in [0.25, 0.3) is 0 Å². The molecule has 0 N–H and O–H groups in total. The van der Waals surface area contributed by atoms with E-state index in [9.17, 15) is 0 Å². The summed E-state index contributed by atoms with van der Waals surface area (Å²) in [5.74, 6) is 0. The van der Waals surface area contributed by atoms with Gasteiger partial charge in [-0.3, -0.25) is 4.90 Å². The second-order valence-corrected chi connectivity index (χ2v) is 5.37. The summed E-state index contributed by atoms with van der Waals surface area (Å²) in [5.41, 5.74) is 0. The first kappa shape index (κ1) is 9.57. The molecule has 3 fully saturated rings. The Balaban J connectivity index is 2.07. The van der Waals surface area contributed by atoms with Crippen LogP contribution in [0.4, 0.5) is 0 Å². The van der Waals surface area contributed by atoms with E-state index < -0.39 is 9.05 Å². The molecule has 6 heteroatoms. The standard InChI is InChI=1S/C7H15NO4Si/c1-9-13-10-5-2-8(3-6-11-13)4-7-12-13/h2-7H2,1H3. The molecule has 0 aromatic carbocycles. The largest absolute Gasteiger partial charge is 0.679 e. The van der Waals surface area contributed by atoms with Crippen molar-refractivity contribution in [1.29, 1.82) is 0 Å². The number of hydrogen-bond donors (Lipinski definition) is 0. The van der Waals surface area contributed by atoms with Crippen LogP contribution in [0.3, 0.4) is 0 Å². The van der Waals surface area contributed by atoms with Gasteiger partial charge in [0.25, 0.3) is 0 Å². The summed E-state index contributed by atoms with van der Waals surface area (Å²) in [6, 6.07) is 0. The van der Waals surface area contributed by atoms with E-state index in [-0.39, 0.29) is 0 Å². The van der Waals surface area contributed by atoms with E-state index in [1.807, 2.05) is 0 Å². The summed E-state index contributed by atoms with van der Waals surface area (Å²) in [7, 11) is -1.14. The van der Waals surface area contributed by atoms with E-state index in [0.717, 1.165) is 19.6 Å². The average molecular weight is 205 g/mol. The van der Waals surface area contributed by atoms with Gasteiger partial charge in [-0.1, -0.05) is 0 Å². The van der Waals surface area contributed by atoms with Crippen molar-refractivity contribution < 1.29 is 17.7 Å². The molecular weight excluding hydrogens is 190 g/mol. The summed E-state index contributed by atoms with van der Waals surface area (Å²) >= 11 is 0. The second-order valence-electron chi connectivity index (χ2n) is 3.09. The molecule has 3 rings (SSSR count). The molecule has 0 saturated carbocycles. The highest BCUT2D eigenvalue weighted by Crippen LogP contribution is 2.15. The third-order valence-corrected chi connectivity index (χ3v) is 4.48. The molecule has 3 aliphatic rings. The van der Waals surface area contributed by atoms with Crippen molar-refractivity contribution in [3.05, 3.63) is 0 Å². The fourth-order valence-corrected chi connectivity index (χ4v) is 3.16. The molecule has 3 aliphatic heterocycles. The molecule has 76 valence electrons. The minimum Gasteiger partial charge on any atom is -0.355 e. The van der Waals surface area contributed by atoms with E-state index in [1.54, 1.807) is 7.11 Å². The van der Waals surface area contributed by atoms with Gasteiger partial charge in [0, 0.05) is 26.7 Å². The minimum absolute atomic E-state index is 0.639. The summed E-state index contributed by atoms with van der Waals surface area (Å²) in [4.78, 5) is 2.27. The van der Waals surface area contributed by atoms with Crippen LogP contribution in [0.2, 0.25) is 0 Å². The van der Waals surface area contributed by atoms with Gasteiger partial charge >= 0.3 is 9.05 Å². The first-order valence-corrected chi connectivity index (χ1v) is 6.17. The molecule has 0 aliphatic carbocycles. The predicted octanol–water partition coefficient (Wildman–Crippen LogP) is -0.553. The van der Waals surface area contributed by atoms with E-state index in [0.29, 0.717) is 19.8 Å². The maximum Gasteiger partial charge on any atom is 0.679 e. The van der Waals surface area contributed by atoms with Gasteiger partial charge in [0.15, 0.2) is 0 Å². The van der Waals surface area contributed by atoms with Gasteiger partial charge in [-0.2, -0.15) is 0 Å². The minimum atomic E-state index is -2.73. The van der Waals surface area contributed by atoms with Crippen molar-refractivity contribution >= 4 is 9.05 Å². The molecule has 0 unspecified atom stereocenters. The first-order valence-electron chi connectivity index (χ1n) is 4.54. The van der Waals surface area contributed by atoms with E-state index in [1.165, 1.54) is 0 Å². The third kappa shape index (κ3) is 2.09.